The molecule has 2 amide bonds. The summed E-state index contributed by atoms with van der Waals surface area (Å²) in [5.41, 5.74) is 1.54. The lowest BCUT2D eigenvalue weighted by molar-refractivity contribution is -0.142. The maximum atomic E-state index is 13.2. The van der Waals surface area contributed by atoms with Crippen molar-refractivity contribution in [2.75, 3.05) is 40.0 Å². The summed E-state index contributed by atoms with van der Waals surface area (Å²) in [6.45, 7) is 2.13. The van der Waals surface area contributed by atoms with Gasteiger partial charge < -0.3 is 39.7 Å². The summed E-state index contributed by atoms with van der Waals surface area (Å²) in [6, 6.07) is 2.60. The van der Waals surface area contributed by atoms with E-state index in [2.05, 4.69) is 5.32 Å². The number of hydrogen-bond donors (Lipinski definition) is 4. The summed E-state index contributed by atoms with van der Waals surface area (Å²) in [5, 5.41) is 33.1. The molecule has 3 aliphatic rings. The lowest BCUT2D eigenvalue weighted by atomic mass is 9.77. The molecule has 0 saturated heterocycles. The van der Waals surface area contributed by atoms with Crippen molar-refractivity contribution in [1.82, 2.24) is 10.2 Å². The Morgan fingerprint density at radius 3 is 2.66 bits per heavy atom. The maximum absolute atomic E-state index is 13.2. The molecule has 35 heavy (non-hydrogen) atoms. The van der Waals surface area contributed by atoms with Gasteiger partial charge in [0.2, 0.25) is 11.8 Å². The first-order valence-corrected chi connectivity index (χ1v) is 12.1. The molecule has 1 saturated carbocycles. The van der Waals surface area contributed by atoms with Gasteiger partial charge in [-0.25, -0.2) is 0 Å². The zero-order valence-electron chi connectivity index (χ0n) is 20.1. The molecule has 0 radical (unpaired) electrons. The minimum Gasteiger partial charge on any atom is -0.493 e. The van der Waals surface area contributed by atoms with Gasteiger partial charge in [0, 0.05) is 30.8 Å². The summed E-state index contributed by atoms with van der Waals surface area (Å²) in [4.78, 5) is 27.9. The molecule has 1 fully saturated rings. The topological polar surface area (TPSA) is 138 Å². The molecule has 1 aromatic rings. The highest BCUT2D eigenvalue weighted by molar-refractivity contribution is 5.96. The number of nitrogens with zero attached hydrogens (tertiary/aromatic N) is 1. The molecular formula is C25H34N2O8. The monoisotopic (exact) mass is 490 g/mol. The van der Waals surface area contributed by atoms with E-state index < -0.39 is 30.1 Å². The number of ether oxygens (including phenoxy) is 3. The second-order valence-electron chi connectivity index (χ2n) is 9.14. The largest absolute Gasteiger partial charge is 0.493 e. The number of fused-ring (bicyclic) bond motifs is 3. The Labute approximate surface area is 204 Å². The van der Waals surface area contributed by atoms with Crippen molar-refractivity contribution in [2.45, 2.75) is 50.5 Å². The van der Waals surface area contributed by atoms with E-state index in [1.54, 1.807) is 30.0 Å². The molecule has 1 aromatic carbocycles. The van der Waals surface area contributed by atoms with E-state index in [4.69, 9.17) is 14.2 Å². The normalized spacial score (nSPS) is 24.7. The van der Waals surface area contributed by atoms with Crippen LogP contribution in [0.4, 0.5) is 0 Å². The number of aliphatic hydroxyl groups is 3. The Hall–Kier alpha value is -2.66. The number of amides is 2. The molecule has 1 aliphatic heterocycles. The van der Waals surface area contributed by atoms with Gasteiger partial charge in [0.15, 0.2) is 11.5 Å². The first-order chi connectivity index (χ1) is 16.9. The minimum absolute atomic E-state index is 0.0591. The van der Waals surface area contributed by atoms with Gasteiger partial charge in [-0.3, -0.25) is 9.59 Å². The highest BCUT2D eigenvalue weighted by atomic mass is 16.5. The fourth-order valence-electron chi connectivity index (χ4n) is 4.86. The third-order valence-electron chi connectivity index (χ3n) is 6.76. The second-order valence-corrected chi connectivity index (χ2v) is 9.14. The van der Waals surface area contributed by atoms with Gasteiger partial charge in [-0.1, -0.05) is 0 Å². The quantitative estimate of drug-likeness (QED) is 0.342. The van der Waals surface area contributed by atoms with E-state index in [-0.39, 0.29) is 32.3 Å². The number of methoxy groups -OCH3 is 1. The number of hydrogen-bond acceptors (Lipinski definition) is 8. The molecule has 192 valence electrons. The molecule has 10 nitrogen and oxygen atoms in total. The van der Waals surface area contributed by atoms with E-state index in [1.807, 2.05) is 0 Å². The predicted octanol–water partition coefficient (Wildman–Crippen LogP) is 0.0852. The molecule has 4 N–H and O–H groups in total. The molecule has 4 rings (SSSR count). The Morgan fingerprint density at radius 2 is 2.03 bits per heavy atom. The molecular weight excluding hydrogens is 456 g/mol. The van der Waals surface area contributed by atoms with Crippen LogP contribution in [-0.4, -0.2) is 90.3 Å². The SMILES string of the molecule is CCOCC(=O)N(CC1CC1)C1C=C(C(=O)NCCO)C2c3cc(CO)cc(OC)c3OC2C1O. The Balaban J connectivity index is 1.76. The average Bonchev–Trinajstić information content (AvgIpc) is 3.61. The number of carbonyl (C=O) groups excluding carboxylic acids is 2. The van der Waals surface area contributed by atoms with E-state index in [1.165, 1.54) is 7.11 Å². The molecule has 4 atom stereocenters. The van der Waals surface area contributed by atoms with Gasteiger partial charge in [0.1, 0.15) is 18.8 Å². The molecule has 0 spiro atoms. The number of carbonyl (C=O) groups is 2. The van der Waals surface area contributed by atoms with Gasteiger partial charge in [0.25, 0.3) is 0 Å². The molecule has 1 heterocycles. The van der Waals surface area contributed by atoms with Crippen molar-refractivity contribution in [3.8, 4) is 11.5 Å². The molecule has 4 unspecified atom stereocenters. The summed E-state index contributed by atoms with van der Waals surface area (Å²) in [7, 11) is 1.48. The first-order valence-electron chi connectivity index (χ1n) is 12.1. The summed E-state index contributed by atoms with van der Waals surface area (Å²) in [6.07, 6.45) is 1.68. The van der Waals surface area contributed by atoms with Crippen molar-refractivity contribution in [2.24, 2.45) is 5.92 Å². The lowest BCUT2D eigenvalue weighted by Crippen LogP contribution is -2.56. The van der Waals surface area contributed by atoms with Gasteiger partial charge >= 0.3 is 0 Å². The third-order valence-corrected chi connectivity index (χ3v) is 6.76. The zero-order chi connectivity index (χ0) is 25.1. The van der Waals surface area contributed by atoms with Crippen LogP contribution in [0.1, 0.15) is 36.8 Å². The van der Waals surface area contributed by atoms with Crippen molar-refractivity contribution in [3.05, 3.63) is 34.9 Å². The van der Waals surface area contributed by atoms with Crippen LogP contribution in [0.2, 0.25) is 0 Å². The van der Waals surface area contributed by atoms with Crippen LogP contribution in [0.15, 0.2) is 23.8 Å². The van der Waals surface area contributed by atoms with E-state index in [9.17, 15) is 24.9 Å². The van der Waals surface area contributed by atoms with Gasteiger partial charge in [0.05, 0.1) is 32.3 Å². The number of benzene rings is 1. The highest BCUT2D eigenvalue weighted by Gasteiger charge is 2.51. The number of nitrogens with one attached hydrogen (secondary N) is 1. The summed E-state index contributed by atoms with van der Waals surface area (Å²) in [5.74, 6) is -0.182. The number of rotatable bonds is 11. The fraction of sp³-hybridized carbons (Fsp3) is 0.600. The van der Waals surface area contributed by atoms with E-state index in [0.717, 1.165) is 12.8 Å². The van der Waals surface area contributed by atoms with Crippen LogP contribution in [-0.2, 0) is 20.9 Å². The van der Waals surface area contributed by atoms with Gasteiger partial charge in [-0.05, 0) is 49.5 Å². The lowest BCUT2D eigenvalue weighted by Gasteiger charge is -2.40. The van der Waals surface area contributed by atoms with Gasteiger partial charge in [-0.15, -0.1) is 0 Å². The van der Waals surface area contributed by atoms with Crippen LogP contribution >= 0.6 is 0 Å². The Bertz CT molecular complexity index is 976. The summed E-state index contributed by atoms with van der Waals surface area (Å²) >= 11 is 0. The number of aliphatic hydroxyl groups excluding tert-OH is 3. The molecule has 2 aliphatic carbocycles. The highest BCUT2D eigenvalue weighted by Crippen LogP contribution is 2.51. The van der Waals surface area contributed by atoms with Crippen molar-refractivity contribution < 1.29 is 39.1 Å². The van der Waals surface area contributed by atoms with Crippen molar-refractivity contribution in [3.63, 3.8) is 0 Å². The Kier molecular flexibility index (Phi) is 7.95. The standard InChI is InChI=1S/C25H34N2O8/c1-3-34-13-20(30)27(11-14-4-5-14)18-10-17(25(32)26-6-7-28)21-16-8-15(12-29)9-19(33-2)23(16)35-24(21)22(18)31/h8-10,14,18,21-22,24,28-29,31H,3-7,11-13H2,1-2H3,(H,26,32). The third kappa shape index (κ3) is 5.16. The summed E-state index contributed by atoms with van der Waals surface area (Å²) < 4.78 is 17.0. The molecule has 0 aromatic heterocycles. The van der Waals surface area contributed by atoms with Crippen molar-refractivity contribution >= 4 is 11.8 Å². The van der Waals surface area contributed by atoms with Crippen LogP contribution < -0.4 is 14.8 Å². The van der Waals surface area contributed by atoms with Crippen LogP contribution in [0.5, 0.6) is 11.5 Å². The first kappa shape index (κ1) is 25.4. The van der Waals surface area contributed by atoms with E-state index in [0.29, 0.717) is 47.3 Å². The second kappa shape index (κ2) is 10.9. The fourth-order valence-corrected chi connectivity index (χ4v) is 4.86. The van der Waals surface area contributed by atoms with Crippen molar-refractivity contribution in [1.29, 1.82) is 0 Å². The predicted molar refractivity (Wildman–Crippen MR) is 125 cm³/mol. The molecule has 0 bridgehead atoms. The minimum atomic E-state index is -1.12. The van der Waals surface area contributed by atoms with Crippen LogP contribution in [0.25, 0.3) is 0 Å². The average molecular weight is 491 g/mol. The molecule has 10 heteroatoms. The van der Waals surface area contributed by atoms with Gasteiger partial charge in [-0.2, -0.15) is 0 Å². The van der Waals surface area contributed by atoms with Crippen LogP contribution in [0, 0.1) is 5.92 Å². The zero-order valence-corrected chi connectivity index (χ0v) is 20.1. The van der Waals surface area contributed by atoms with Crippen LogP contribution in [0.3, 0.4) is 0 Å². The Morgan fingerprint density at radius 1 is 1.26 bits per heavy atom. The maximum Gasteiger partial charge on any atom is 0.249 e. The smallest absolute Gasteiger partial charge is 0.249 e. The van der Waals surface area contributed by atoms with E-state index >= 15 is 0 Å².